The largest absolute Gasteiger partial charge is 0.379 e. The highest BCUT2D eigenvalue weighted by atomic mass is 16.5. The lowest BCUT2D eigenvalue weighted by Gasteiger charge is -2.32. The number of aryl methyl sites for hydroxylation is 1. The Morgan fingerprint density at radius 3 is 2.48 bits per heavy atom. The molecule has 5 nitrogen and oxygen atoms in total. The molecule has 122 valence electrons. The molecule has 1 saturated heterocycles. The summed E-state index contributed by atoms with van der Waals surface area (Å²) in [5, 5.41) is 4.22. The normalized spacial score (nSPS) is 17.2. The van der Waals surface area contributed by atoms with E-state index in [4.69, 9.17) is 4.74 Å². The minimum Gasteiger partial charge on any atom is -0.379 e. The minimum absolute atomic E-state index is 0.0331. The molecule has 1 fully saturated rings. The first-order chi connectivity index (χ1) is 11.1. The van der Waals surface area contributed by atoms with Crippen molar-refractivity contribution in [2.45, 2.75) is 19.9 Å². The smallest absolute Gasteiger partial charge is 0.178 e. The Hall–Kier alpha value is -1.98. The zero-order valence-corrected chi connectivity index (χ0v) is 14.0. The van der Waals surface area contributed by atoms with Crippen LogP contribution in [0.25, 0.3) is 11.1 Å². The predicted octanol–water partition coefficient (Wildman–Crippen LogP) is 2.68. The molecular formula is C18H23N3O2. The second-order valence-electron chi connectivity index (χ2n) is 6.03. The Bertz CT molecular complexity index is 685. The van der Waals surface area contributed by atoms with Gasteiger partial charge in [-0.05, 0) is 18.1 Å². The summed E-state index contributed by atoms with van der Waals surface area (Å²) in [5.74, 6) is 0.0331. The standard InChI is InChI=1S/C18H23N3O2/c1-13(21-8-10-23-11-9-21)15-4-6-16(7-5-15)17-12-19-20(3)18(17)14(2)22/h4-7,12-13H,8-11H2,1-3H3/t13-/m0/s1. The first kappa shape index (κ1) is 15.9. The molecule has 1 aliphatic heterocycles. The molecule has 5 heteroatoms. The van der Waals surface area contributed by atoms with Crippen molar-refractivity contribution in [1.82, 2.24) is 14.7 Å². The van der Waals surface area contributed by atoms with E-state index < -0.39 is 0 Å². The zero-order chi connectivity index (χ0) is 16.4. The number of hydrogen-bond acceptors (Lipinski definition) is 4. The van der Waals surface area contributed by atoms with Gasteiger partial charge in [0, 0.05) is 38.7 Å². The summed E-state index contributed by atoms with van der Waals surface area (Å²) >= 11 is 0. The molecule has 1 aromatic heterocycles. The fourth-order valence-electron chi connectivity index (χ4n) is 3.18. The maximum atomic E-state index is 11.8. The summed E-state index contributed by atoms with van der Waals surface area (Å²) in [6, 6.07) is 8.82. The lowest BCUT2D eigenvalue weighted by molar-refractivity contribution is 0.0198. The number of rotatable bonds is 4. The van der Waals surface area contributed by atoms with Gasteiger partial charge < -0.3 is 4.74 Å². The molecule has 0 saturated carbocycles. The summed E-state index contributed by atoms with van der Waals surface area (Å²) in [6.45, 7) is 7.36. The van der Waals surface area contributed by atoms with Gasteiger partial charge in [0.15, 0.2) is 5.78 Å². The van der Waals surface area contributed by atoms with Crippen molar-refractivity contribution in [3.8, 4) is 11.1 Å². The zero-order valence-electron chi connectivity index (χ0n) is 14.0. The van der Waals surface area contributed by atoms with E-state index in [2.05, 4.69) is 41.2 Å². The summed E-state index contributed by atoms with van der Waals surface area (Å²) in [4.78, 5) is 14.3. The number of carbonyl (C=O) groups excluding carboxylic acids is 1. The van der Waals surface area contributed by atoms with Crippen LogP contribution < -0.4 is 0 Å². The van der Waals surface area contributed by atoms with Crippen molar-refractivity contribution in [1.29, 1.82) is 0 Å². The molecule has 0 spiro atoms. The Morgan fingerprint density at radius 1 is 1.22 bits per heavy atom. The summed E-state index contributed by atoms with van der Waals surface area (Å²) in [5.41, 5.74) is 3.86. The van der Waals surface area contributed by atoms with Crippen LogP contribution in [-0.2, 0) is 11.8 Å². The third-order valence-electron chi connectivity index (χ3n) is 4.57. The van der Waals surface area contributed by atoms with Crippen LogP contribution in [0.4, 0.5) is 0 Å². The van der Waals surface area contributed by atoms with E-state index >= 15 is 0 Å². The van der Waals surface area contributed by atoms with Crippen LogP contribution >= 0.6 is 0 Å². The second kappa shape index (κ2) is 6.64. The first-order valence-corrected chi connectivity index (χ1v) is 8.03. The molecule has 23 heavy (non-hydrogen) atoms. The predicted molar refractivity (Wildman–Crippen MR) is 89.5 cm³/mol. The number of ketones is 1. The van der Waals surface area contributed by atoms with Gasteiger partial charge in [-0.1, -0.05) is 24.3 Å². The quantitative estimate of drug-likeness (QED) is 0.814. The lowest BCUT2D eigenvalue weighted by atomic mass is 10.00. The molecule has 1 aliphatic rings. The molecule has 3 rings (SSSR count). The number of morpholine rings is 1. The highest BCUT2D eigenvalue weighted by Gasteiger charge is 2.19. The van der Waals surface area contributed by atoms with Crippen LogP contribution in [0.2, 0.25) is 0 Å². The number of ether oxygens (including phenoxy) is 1. The fraction of sp³-hybridized carbons (Fsp3) is 0.444. The summed E-state index contributed by atoms with van der Waals surface area (Å²) < 4.78 is 7.06. The highest BCUT2D eigenvalue weighted by molar-refractivity contribution is 5.99. The molecule has 0 bridgehead atoms. The van der Waals surface area contributed by atoms with E-state index in [-0.39, 0.29) is 5.78 Å². The first-order valence-electron chi connectivity index (χ1n) is 8.03. The maximum Gasteiger partial charge on any atom is 0.178 e. The van der Waals surface area contributed by atoms with Crippen LogP contribution in [0.15, 0.2) is 30.5 Å². The van der Waals surface area contributed by atoms with Crippen molar-refractivity contribution >= 4 is 5.78 Å². The molecule has 0 amide bonds. The average molecular weight is 313 g/mol. The Morgan fingerprint density at radius 2 is 1.87 bits per heavy atom. The van der Waals surface area contributed by atoms with Crippen molar-refractivity contribution in [2.24, 2.45) is 7.05 Å². The van der Waals surface area contributed by atoms with E-state index in [1.54, 1.807) is 24.9 Å². The van der Waals surface area contributed by atoms with Gasteiger partial charge in [0.05, 0.1) is 19.4 Å². The molecule has 0 unspecified atom stereocenters. The lowest BCUT2D eigenvalue weighted by Crippen LogP contribution is -2.37. The minimum atomic E-state index is 0.0331. The van der Waals surface area contributed by atoms with Gasteiger partial charge >= 0.3 is 0 Å². The Kier molecular flexibility index (Phi) is 4.59. The van der Waals surface area contributed by atoms with Crippen molar-refractivity contribution in [3.63, 3.8) is 0 Å². The van der Waals surface area contributed by atoms with Crippen LogP contribution in [-0.4, -0.2) is 46.8 Å². The van der Waals surface area contributed by atoms with Gasteiger partial charge in [0.2, 0.25) is 0 Å². The van der Waals surface area contributed by atoms with Gasteiger partial charge in [-0.2, -0.15) is 5.10 Å². The van der Waals surface area contributed by atoms with Crippen molar-refractivity contribution in [3.05, 3.63) is 41.7 Å². The Labute approximate surface area is 136 Å². The molecule has 0 N–H and O–H groups in total. The van der Waals surface area contributed by atoms with E-state index in [0.29, 0.717) is 11.7 Å². The number of aromatic nitrogens is 2. The summed E-state index contributed by atoms with van der Waals surface area (Å²) in [6.07, 6.45) is 1.76. The third-order valence-corrected chi connectivity index (χ3v) is 4.57. The molecule has 1 aromatic carbocycles. The highest BCUT2D eigenvalue weighted by Crippen LogP contribution is 2.27. The molecule has 0 radical (unpaired) electrons. The average Bonchev–Trinajstić information content (AvgIpc) is 2.97. The third kappa shape index (κ3) is 3.21. The van der Waals surface area contributed by atoms with Gasteiger partial charge in [0.1, 0.15) is 5.69 Å². The monoisotopic (exact) mass is 313 g/mol. The molecule has 2 aromatic rings. The Balaban J connectivity index is 1.83. The number of Topliss-reactive ketones (excluding diaryl/α,β-unsaturated/α-hetero) is 1. The molecule has 0 aliphatic carbocycles. The van der Waals surface area contributed by atoms with Crippen molar-refractivity contribution in [2.75, 3.05) is 26.3 Å². The summed E-state index contributed by atoms with van der Waals surface area (Å²) in [7, 11) is 1.80. The van der Waals surface area contributed by atoms with Crippen LogP contribution in [0, 0.1) is 0 Å². The van der Waals surface area contributed by atoms with Gasteiger partial charge in [-0.3, -0.25) is 14.4 Å². The molecule has 1 atom stereocenters. The van der Waals surface area contributed by atoms with E-state index in [1.807, 2.05) is 0 Å². The van der Waals surface area contributed by atoms with Crippen LogP contribution in [0.1, 0.15) is 35.9 Å². The fourth-order valence-corrected chi connectivity index (χ4v) is 3.18. The maximum absolute atomic E-state index is 11.8. The second-order valence-corrected chi connectivity index (χ2v) is 6.03. The van der Waals surface area contributed by atoms with E-state index in [9.17, 15) is 4.79 Å². The van der Waals surface area contributed by atoms with Crippen LogP contribution in [0.3, 0.4) is 0 Å². The van der Waals surface area contributed by atoms with Gasteiger partial charge in [0.25, 0.3) is 0 Å². The number of carbonyl (C=O) groups is 1. The van der Waals surface area contributed by atoms with Crippen molar-refractivity contribution < 1.29 is 9.53 Å². The van der Waals surface area contributed by atoms with Gasteiger partial charge in [-0.25, -0.2) is 0 Å². The molecular weight excluding hydrogens is 290 g/mol. The number of nitrogens with zero attached hydrogens (tertiary/aromatic N) is 3. The number of hydrogen-bond donors (Lipinski definition) is 0. The van der Waals surface area contributed by atoms with E-state index in [0.717, 1.165) is 37.4 Å². The SMILES string of the molecule is CC(=O)c1c(-c2ccc([C@H](C)N3CCOCC3)cc2)cnn1C. The van der Waals surface area contributed by atoms with Gasteiger partial charge in [-0.15, -0.1) is 0 Å². The molecule has 2 heterocycles. The van der Waals surface area contributed by atoms with Crippen LogP contribution in [0.5, 0.6) is 0 Å². The number of benzene rings is 1. The topological polar surface area (TPSA) is 47.4 Å². The van der Waals surface area contributed by atoms with E-state index in [1.165, 1.54) is 5.56 Å².